The zero-order valence-corrected chi connectivity index (χ0v) is 11.9. The van der Waals surface area contributed by atoms with Gasteiger partial charge in [0.25, 0.3) is 0 Å². The molecule has 2 unspecified atom stereocenters. The molecule has 5 nitrogen and oxygen atoms in total. The first kappa shape index (κ1) is 15.7. The molecule has 0 aliphatic carbocycles. The largest absolute Gasteiger partial charge is 0.409 e. The van der Waals surface area contributed by atoms with Gasteiger partial charge in [-0.3, -0.25) is 4.21 Å². The van der Waals surface area contributed by atoms with Crippen molar-refractivity contribution in [2.45, 2.75) is 12.3 Å². The van der Waals surface area contributed by atoms with Crippen molar-refractivity contribution in [1.82, 2.24) is 5.32 Å². The smallest absolute Gasteiger partial charge is 0.147 e. The normalized spacial score (nSPS) is 15.1. The molecule has 19 heavy (non-hydrogen) atoms. The van der Waals surface area contributed by atoms with Crippen LogP contribution in [-0.2, 0) is 10.8 Å². The van der Waals surface area contributed by atoms with Crippen molar-refractivity contribution in [3.8, 4) is 0 Å². The third kappa shape index (κ3) is 5.85. The number of nitrogens with one attached hydrogen (secondary N) is 1. The van der Waals surface area contributed by atoms with E-state index in [1.165, 1.54) is 0 Å². The predicted octanol–water partition coefficient (Wildman–Crippen LogP) is 0.875. The van der Waals surface area contributed by atoms with Crippen molar-refractivity contribution in [1.29, 1.82) is 0 Å². The van der Waals surface area contributed by atoms with Crippen LogP contribution >= 0.6 is 0 Å². The molecule has 0 spiro atoms. The summed E-state index contributed by atoms with van der Waals surface area (Å²) in [5, 5.41) is 15.2. The molecule has 1 aromatic carbocycles. The highest BCUT2D eigenvalue weighted by molar-refractivity contribution is 7.84. The number of rotatable bonds is 8. The van der Waals surface area contributed by atoms with Gasteiger partial charge in [0.2, 0.25) is 0 Å². The standard InChI is InChI=1S/C13H21N3O2S/c1-19(18)9-5-8-15-10-12(13(14)16-17)11-6-3-2-4-7-11/h2-4,6-7,12,15,17H,5,8-10H2,1H3,(H2,14,16). The lowest BCUT2D eigenvalue weighted by Crippen LogP contribution is -2.32. The minimum absolute atomic E-state index is 0.154. The Morgan fingerprint density at radius 3 is 2.74 bits per heavy atom. The summed E-state index contributed by atoms with van der Waals surface area (Å²) in [4.78, 5) is 0. The molecule has 0 saturated carbocycles. The van der Waals surface area contributed by atoms with Crippen LogP contribution in [0.2, 0.25) is 0 Å². The summed E-state index contributed by atoms with van der Waals surface area (Å²) in [7, 11) is -0.755. The highest BCUT2D eigenvalue weighted by Crippen LogP contribution is 2.14. The van der Waals surface area contributed by atoms with Crippen LogP contribution in [0.3, 0.4) is 0 Å². The van der Waals surface area contributed by atoms with E-state index >= 15 is 0 Å². The molecular weight excluding hydrogens is 262 g/mol. The fraction of sp³-hybridized carbons (Fsp3) is 0.462. The van der Waals surface area contributed by atoms with E-state index in [2.05, 4.69) is 10.5 Å². The summed E-state index contributed by atoms with van der Waals surface area (Å²) in [5.74, 6) is 0.725. The fourth-order valence-corrected chi connectivity index (χ4v) is 2.35. The zero-order valence-electron chi connectivity index (χ0n) is 11.1. The highest BCUT2D eigenvalue weighted by Gasteiger charge is 2.15. The molecular formula is C13H21N3O2S. The molecule has 1 rings (SSSR count). The topological polar surface area (TPSA) is 87.7 Å². The number of hydrogen-bond donors (Lipinski definition) is 3. The van der Waals surface area contributed by atoms with E-state index in [1.54, 1.807) is 6.26 Å². The third-order valence-corrected chi connectivity index (χ3v) is 3.67. The number of amidine groups is 1. The molecule has 0 saturated heterocycles. The SMILES string of the molecule is CS(=O)CCCNCC(/C(N)=N/O)c1ccccc1. The van der Waals surface area contributed by atoms with E-state index in [1.807, 2.05) is 30.3 Å². The van der Waals surface area contributed by atoms with Crippen LogP contribution in [0, 0.1) is 0 Å². The summed E-state index contributed by atoms with van der Waals surface area (Å²) in [5.41, 5.74) is 6.73. The molecule has 1 aromatic rings. The molecule has 0 aromatic heterocycles. The van der Waals surface area contributed by atoms with Crippen molar-refractivity contribution >= 4 is 16.6 Å². The van der Waals surface area contributed by atoms with Gasteiger partial charge in [-0.15, -0.1) is 0 Å². The molecule has 6 heteroatoms. The average Bonchev–Trinajstić information content (AvgIpc) is 2.42. The Morgan fingerprint density at radius 2 is 2.16 bits per heavy atom. The Labute approximate surface area is 116 Å². The molecule has 0 amide bonds. The minimum Gasteiger partial charge on any atom is -0.409 e. The van der Waals surface area contributed by atoms with Gasteiger partial charge in [0, 0.05) is 29.4 Å². The number of oxime groups is 1. The second kappa shape index (κ2) is 8.66. The Balaban J connectivity index is 2.50. The van der Waals surface area contributed by atoms with Crippen molar-refractivity contribution < 1.29 is 9.42 Å². The number of nitrogens with zero attached hydrogens (tertiary/aromatic N) is 1. The second-order valence-corrected chi connectivity index (χ2v) is 5.88. The van der Waals surface area contributed by atoms with Gasteiger partial charge in [0.05, 0.1) is 5.92 Å². The Bertz CT molecular complexity index is 423. The fourth-order valence-electron chi connectivity index (χ4n) is 1.80. The molecule has 0 fully saturated rings. The maximum absolute atomic E-state index is 10.9. The maximum atomic E-state index is 10.9. The van der Waals surface area contributed by atoms with Gasteiger partial charge in [-0.05, 0) is 18.5 Å². The molecule has 2 atom stereocenters. The third-order valence-electron chi connectivity index (χ3n) is 2.81. The van der Waals surface area contributed by atoms with Crippen LogP contribution in [-0.4, -0.2) is 40.3 Å². The molecule has 0 aliphatic heterocycles. The zero-order chi connectivity index (χ0) is 14.1. The molecule has 0 heterocycles. The van der Waals surface area contributed by atoms with Crippen molar-refractivity contribution in [2.75, 3.05) is 25.1 Å². The lowest BCUT2D eigenvalue weighted by molar-refractivity contribution is 0.315. The van der Waals surface area contributed by atoms with Gasteiger partial charge in [0.1, 0.15) is 5.84 Å². The van der Waals surface area contributed by atoms with Gasteiger partial charge >= 0.3 is 0 Å². The predicted molar refractivity (Wildman–Crippen MR) is 79.0 cm³/mol. The average molecular weight is 283 g/mol. The summed E-state index contributed by atoms with van der Waals surface area (Å²) >= 11 is 0. The molecule has 0 aliphatic rings. The van der Waals surface area contributed by atoms with Crippen molar-refractivity contribution in [3.05, 3.63) is 35.9 Å². The number of nitrogens with two attached hydrogens (primary N) is 1. The van der Waals surface area contributed by atoms with E-state index < -0.39 is 10.8 Å². The van der Waals surface area contributed by atoms with E-state index in [0.717, 1.165) is 18.5 Å². The molecule has 4 N–H and O–H groups in total. The lowest BCUT2D eigenvalue weighted by Gasteiger charge is -2.16. The molecule has 0 bridgehead atoms. The van der Waals surface area contributed by atoms with Gasteiger partial charge < -0.3 is 16.3 Å². The quantitative estimate of drug-likeness (QED) is 0.217. The van der Waals surface area contributed by atoms with E-state index in [4.69, 9.17) is 10.9 Å². The van der Waals surface area contributed by atoms with Crippen molar-refractivity contribution in [2.24, 2.45) is 10.9 Å². The Kier molecular flexibility index (Phi) is 7.14. The first-order chi connectivity index (χ1) is 9.15. The van der Waals surface area contributed by atoms with E-state index in [0.29, 0.717) is 12.3 Å². The van der Waals surface area contributed by atoms with Crippen LogP contribution in [0.25, 0.3) is 0 Å². The maximum Gasteiger partial charge on any atom is 0.147 e. The summed E-state index contributed by atoms with van der Waals surface area (Å²) in [6, 6.07) is 9.67. The number of benzene rings is 1. The summed E-state index contributed by atoms with van der Waals surface area (Å²) < 4.78 is 10.9. The van der Waals surface area contributed by atoms with E-state index in [9.17, 15) is 4.21 Å². The lowest BCUT2D eigenvalue weighted by atomic mass is 9.98. The Morgan fingerprint density at radius 1 is 1.47 bits per heavy atom. The van der Waals surface area contributed by atoms with Crippen LogP contribution in [0.1, 0.15) is 17.9 Å². The minimum atomic E-state index is -0.755. The van der Waals surface area contributed by atoms with Crippen LogP contribution in [0.15, 0.2) is 35.5 Å². The van der Waals surface area contributed by atoms with Crippen molar-refractivity contribution in [3.63, 3.8) is 0 Å². The monoisotopic (exact) mass is 283 g/mol. The van der Waals surface area contributed by atoms with Crippen LogP contribution < -0.4 is 11.1 Å². The summed E-state index contributed by atoms with van der Waals surface area (Å²) in [6.07, 6.45) is 2.55. The highest BCUT2D eigenvalue weighted by atomic mass is 32.2. The van der Waals surface area contributed by atoms with Gasteiger partial charge in [-0.2, -0.15) is 0 Å². The van der Waals surface area contributed by atoms with E-state index in [-0.39, 0.29) is 11.8 Å². The van der Waals surface area contributed by atoms with Gasteiger partial charge in [-0.1, -0.05) is 35.5 Å². The first-order valence-electron chi connectivity index (χ1n) is 6.18. The van der Waals surface area contributed by atoms with Gasteiger partial charge in [0.15, 0.2) is 0 Å². The molecule has 106 valence electrons. The summed E-state index contributed by atoms with van der Waals surface area (Å²) in [6.45, 7) is 1.36. The van der Waals surface area contributed by atoms with Gasteiger partial charge in [-0.25, -0.2) is 0 Å². The Hall–Kier alpha value is -1.40. The number of hydrogen-bond acceptors (Lipinski definition) is 4. The van der Waals surface area contributed by atoms with Crippen LogP contribution in [0.4, 0.5) is 0 Å². The molecule has 0 radical (unpaired) electrons. The first-order valence-corrected chi connectivity index (χ1v) is 7.91. The second-order valence-electron chi connectivity index (χ2n) is 4.32. The van der Waals surface area contributed by atoms with Crippen LogP contribution in [0.5, 0.6) is 0 Å².